The Bertz CT molecular complexity index is 1790. The van der Waals surface area contributed by atoms with Crippen LogP contribution in [0.15, 0.2) is 121 Å². The molecule has 1 aliphatic heterocycles. The van der Waals surface area contributed by atoms with Crippen molar-refractivity contribution < 1.29 is 51.6 Å². The number of ether oxygens (including phenoxy) is 6. The maximum absolute atomic E-state index is 17.0. The minimum Gasteiger partial charge on any atom is -0.464 e. The number of benzene rings is 4. The second-order valence-corrected chi connectivity index (χ2v) is 13.3. The minimum absolute atomic E-state index is 0.0110. The Morgan fingerprint density at radius 3 is 1.68 bits per heavy atom. The summed E-state index contributed by atoms with van der Waals surface area (Å²) in [4.78, 5) is 38.7. The van der Waals surface area contributed by atoms with Crippen LogP contribution in [0.1, 0.15) is 42.5 Å². The van der Waals surface area contributed by atoms with Gasteiger partial charge in [0.2, 0.25) is 5.91 Å². The molecule has 0 bridgehead atoms. The van der Waals surface area contributed by atoms with E-state index in [1.54, 1.807) is 30.3 Å². The Balaban J connectivity index is 1.46. The van der Waals surface area contributed by atoms with Crippen molar-refractivity contribution in [1.82, 2.24) is 10.6 Å². The van der Waals surface area contributed by atoms with Crippen LogP contribution in [-0.2, 0) is 64.4 Å². The Labute approximate surface area is 325 Å². The van der Waals surface area contributed by atoms with Crippen molar-refractivity contribution >= 4 is 18.0 Å². The lowest BCUT2D eigenvalue weighted by Gasteiger charge is -2.48. The van der Waals surface area contributed by atoms with Gasteiger partial charge in [0.05, 0.1) is 39.1 Å². The van der Waals surface area contributed by atoms with Gasteiger partial charge in [0.15, 0.2) is 0 Å². The molecule has 56 heavy (non-hydrogen) atoms. The molecule has 298 valence electrons. The maximum atomic E-state index is 17.0. The molecule has 0 radical (unpaired) electrons. The summed E-state index contributed by atoms with van der Waals surface area (Å²) in [5, 5.41) is 4.90. The average molecular weight is 775 g/mol. The second-order valence-electron chi connectivity index (χ2n) is 13.3. The van der Waals surface area contributed by atoms with Gasteiger partial charge in [0.1, 0.15) is 37.1 Å². The van der Waals surface area contributed by atoms with Gasteiger partial charge in [0, 0.05) is 13.3 Å². The molecule has 4 aromatic rings. The molecule has 2 N–H and O–H groups in total. The zero-order valence-electron chi connectivity index (χ0n) is 31.4. The number of nitrogens with one attached hydrogen (secondary N) is 2. The number of alkyl carbamates (subject to hydrolysis) is 1. The van der Waals surface area contributed by atoms with Gasteiger partial charge in [-0.15, -0.1) is 0 Å². The first-order valence-corrected chi connectivity index (χ1v) is 18.5. The first-order valence-electron chi connectivity index (χ1n) is 18.5. The van der Waals surface area contributed by atoms with E-state index < -0.39 is 66.8 Å². The van der Waals surface area contributed by atoms with Gasteiger partial charge in [-0.2, -0.15) is 0 Å². The highest BCUT2D eigenvalue weighted by molar-refractivity contribution is 5.81. The molecule has 0 aliphatic carbocycles. The predicted molar refractivity (Wildman–Crippen MR) is 202 cm³/mol. The maximum Gasteiger partial charge on any atom is 0.408 e. The molecule has 0 spiro atoms. The monoisotopic (exact) mass is 774 g/mol. The van der Waals surface area contributed by atoms with E-state index in [0.29, 0.717) is 5.56 Å². The molecule has 6 atom stereocenters. The average Bonchev–Trinajstić information content (AvgIpc) is 3.20. The third-order valence-electron chi connectivity index (χ3n) is 8.99. The van der Waals surface area contributed by atoms with Crippen molar-refractivity contribution in [3.8, 4) is 0 Å². The lowest BCUT2D eigenvalue weighted by Crippen LogP contribution is -2.69. The van der Waals surface area contributed by atoms with E-state index >= 15 is 8.78 Å². The van der Waals surface area contributed by atoms with Gasteiger partial charge in [-0.1, -0.05) is 121 Å². The number of esters is 1. The van der Waals surface area contributed by atoms with Gasteiger partial charge in [-0.3, -0.25) is 4.79 Å². The Kier molecular flexibility index (Phi) is 15.9. The molecule has 0 aromatic heterocycles. The van der Waals surface area contributed by atoms with Crippen LogP contribution < -0.4 is 10.6 Å². The molecule has 5 rings (SSSR count). The van der Waals surface area contributed by atoms with Gasteiger partial charge in [-0.05, 0) is 29.2 Å². The molecule has 2 amide bonds. The van der Waals surface area contributed by atoms with E-state index in [-0.39, 0.29) is 39.6 Å². The molecule has 1 aliphatic rings. The number of carbonyl (C=O) groups is 3. The standard InChI is InChI=1S/C43H48F2N2O9/c1-3-52-41(49)35(47-42(50)55-28-34-22-14-7-15-23-34)24-43(44,45)40-37(46-30(2)48)39(54-27-33-20-12-6-13-21-33)38(53-26-32-18-10-5-11-19-32)36(56-40)29-51-25-31-16-8-4-9-17-31/h4-23,35-40H,3,24-29H2,1-2H3,(H,46,48)(H,47,50)/t35-,36-,37-,38+,39-,40+/m1/s1. The molecule has 1 fully saturated rings. The van der Waals surface area contributed by atoms with Crippen molar-refractivity contribution in [2.75, 3.05) is 13.2 Å². The Morgan fingerprint density at radius 2 is 1.18 bits per heavy atom. The Morgan fingerprint density at radius 1 is 0.696 bits per heavy atom. The first-order chi connectivity index (χ1) is 27.1. The molecular weight excluding hydrogens is 726 g/mol. The third kappa shape index (κ3) is 12.7. The van der Waals surface area contributed by atoms with E-state index in [1.807, 2.05) is 91.0 Å². The van der Waals surface area contributed by atoms with Crippen molar-refractivity contribution in [1.29, 1.82) is 0 Å². The fourth-order valence-electron chi connectivity index (χ4n) is 6.36. The number of rotatable bonds is 19. The highest BCUT2D eigenvalue weighted by Crippen LogP contribution is 2.38. The van der Waals surface area contributed by atoms with Crippen molar-refractivity contribution in [3.05, 3.63) is 144 Å². The van der Waals surface area contributed by atoms with E-state index in [4.69, 9.17) is 28.4 Å². The summed E-state index contributed by atoms with van der Waals surface area (Å²) in [6.45, 7) is 2.44. The van der Waals surface area contributed by atoms with Gasteiger partial charge in [0.25, 0.3) is 5.92 Å². The molecule has 1 saturated heterocycles. The van der Waals surface area contributed by atoms with E-state index in [2.05, 4.69) is 10.6 Å². The summed E-state index contributed by atoms with van der Waals surface area (Å²) < 4.78 is 69.6. The summed E-state index contributed by atoms with van der Waals surface area (Å²) in [6, 6.07) is 33.1. The number of hydrogen-bond acceptors (Lipinski definition) is 9. The lowest BCUT2D eigenvalue weighted by molar-refractivity contribution is -0.275. The van der Waals surface area contributed by atoms with Crippen LogP contribution in [0.4, 0.5) is 13.6 Å². The molecular formula is C43H48F2N2O9. The predicted octanol–water partition coefficient (Wildman–Crippen LogP) is 6.53. The van der Waals surface area contributed by atoms with Crippen LogP contribution in [0.3, 0.4) is 0 Å². The van der Waals surface area contributed by atoms with Crippen LogP contribution >= 0.6 is 0 Å². The van der Waals surface area contributed by atoms with E-state index in [1.165, 1.54) is 13.8 Å². The van der Waals surface area contributed by atoms with Crippen molar-refractivity contribution in [2.24, 2.45) is 0 Å². The van der Waals surface area contributed by atoms with Crippen LogP contribution in [0.25, 0.3) is 0 Å². The lowest BCUT2D eigenvalue weighted by atomic mass is 9.86. The second kappa shape index (κ2) is 21.2. The molecule has 4 aromatic carbocycles. The molecule has 0 saturated carbocycles. The van der Waals surface area contributed by atoms with E-state index in [9.17, 15) is 14.4 Å². The van der Waals surface area contributed by atoms with Crippen molar-refractivity contribution in [2.45, 2.75) is 89.1 Å². The fourth-order valence-corrected chi connectivity index (χ4v) is 6.36. The molecule has 1 heterocycles. The highest BCUT2D eigenvalue weighted by Gasteiger charge is 2.58. The van der Waals surface area contributed by atoms with E-state index in [0.717, 1.165) is 16.7 Å². The summed E-state index contributed by atoms with van der Waals surface area (Å²) >= 11 is 0. The number of hydrogen-bond donors (Lipinski definition) is 2. The number of halogens is 2. The smallest absolute Gasteiger partial charge is 0.408 e. The third-order valence-corrected chi connectivity index (χ3v) is 8.99. The fraction of sp³-hybridized carbons (Fsp3) is 0.372. The van der Waals surface area contributed by atoms with Gasteiger partial charge in [-0.25, -0.2) is 18.4 Å². The molecule has 13 heteroatoms. The number of carbonyl (C=O) groups excluding carboxylic acids is 3. The molecule has 0 unspecified atom stereocenters. The van der Waals surface area contributed by atoms with Crippen LogP contribution in [0.2, 0.25) is 0 Å². The SMILES string of the molecule is CCOC(=O)[C@@H](CC(F)(F)[C@H]1O[C@H](COCc2ccccc2)[C@H](OCc2ccccc2)[C@H](OCc2ccccc2)[C@H]1NC(C)=O)NC(=O)OCc1ccccc1. The largest absolute Gasteiger partial charge is 0.464 e. The van der Waals surface area contributed by atoms with Crippen molar-refractivity contribution in [3.63, 3.8) is 0 Å². The number of alkyl halides is 2. The normalized spacial score (nSPS) is 20.0. The van der Waals surface area contributed by atoms with Crippen LogP contribution in [0, 0.1) is 0 Å². The zero-order valence-corrected chi connectivity index (χ0v) is 31.4. The van der Waals surface area contributed by atoms with Gasteiger partial charge >= 0.3 is 12.1 Å². The summed E-state index contributed by atoms with van der Waals surface area (Å²) in [5.74, 6) is -5.62. The zero-order chi connectivity index (χ0) is 39.8. The molecule has 11 nitrogen and oxygen atoms in total. The highest BCUT2D eigenvalue weighted by atomic mass is 19.3. The van der Waals surface area contributed by atoms with Crippen LogP contribution in [0.5, 0.6) is 0 Å². The minimum atomic E-state index is -3.90. The quantitative estimate of drug-likeness (QED) is 0.102. The summed E-state index contributed by atoms with van der Waals surface area (Å²) in [5.41, 5.74) is 3.07. The Hall–Kier alpha value is -5.21. The summed E-state index contributed by atoms with van der Waals surface area (Å²) in [6.07, 6.45) is -7.82. The van der Waals surface area contributed by atoms with Gasteiger partial charge < -0.3 is 39.1 Å². The number of amides is 2. The summed E-state index contributed by atoms with van der Waals surface area (Å²) in [7, 11) is 0. The first kappa shape index (κ1) is 41.9. The van der Waals surface area contributed by atoms with Crippen LogP contribution in [-0.4, -0.2) is 73.6 Å². The topological polar surface area (TPSA) is 131 Å².